The number of H-pyrrole nitrogens is 1. The van der Waals surface area contributed by atoms with Gasteiger partial charge in [0, 0.05) is 16.6 Å². The number of aryl methyl sites for hydroxylation is 1. The average Bonchev–Trinajstić information content (AvgIpc) is 2.63. The molecule has 2 unspecified atom stereocenters. The third kappa shape index (κ3) is 2.93. The zero-order valence-corrected chi connectivity index (χ0v) is 12.2. The lowest BCUT2D eigenvalue weighted by molar-refractivity contribution is 0.0335. The van der Waals surface area contributed by atoms with Gasteiger partial charge in [-0.1, -0.05) is 15.9 Å². The van der Waals surface area contributed by atoms with Crippen molar-refractivity contribution in [2.45, 2.75) is 33.0 Å². The Bertz CT molecular complexity index is 430. The van der Waals surface area contributed by atoms with Crippen molar-refractivity contribution in [2.24, 2.45) is 0 Å². The van der Waals surface area contributed by atoms with E-state index in [1.807, 2.05) is 0 Å². The van der Waals surface area contributed by atoms with Crippen LogP contribution in [0.1, 0.15) is 40.3 Å². The highest BCUT2D eigenvalue weighted by molar-refractivity contribution is 9.09. The van der Waals surface area contributed by atoms with Crippen molar-refractivity contribution in [2.75, 3.05) is 11.9 Å². The number of aromatic amines is 1. The Labute approximate surface area is 114 Å². The van der Waals surface area contributed by atoms with Gasteiger partial charge < -0.3 is 19.9 Å². The molecular formula is C12H18BrNO4. The van der Waals surface area contributed by atoms with E-state index in [9.17, 15) is 15.0 Å². The molecule has 0 saturated heterocycles. The molecular weight excluding hydrogens is 302 g/mol. The smallest absolute Gasteiger partial charge is 0.355 e. The van der Waals surface area contributed by atoms with Gasteiger partial charge in [-0.2, -0.15) is 0 Å². The number of alkyl halides is 1. The van der Waals surface area contributed by atoms with E-state index in [1.54, 1.807) is 20.8 Å². The van der Waals surface area contributed by atoms with E-state index in [1.165, 1.54) is 0 Å². The van der Waals surface area contributed by atoms with E-state index in [4.69, 9.17) is 4.74 Å². The SMILES string of the molecule is CCOC(=O)c1[nH]c(C)c(C(O)C(O)CBr)c1C. The van der Waals surface area contributed by atoms with E-state index in [-0.39, 0.29) is 11.9 Å². The molecule has 0 saturated carbocycles. The Morgan fingerprint density at radius 1 is 1.44 bits per heavy atom. The average molecular weight is 320 g/mol. The summed E-state index contributed by atoms with van der Waals surface area (Å²) < 4.78 is 4.92. The maximum absolute atomic E-state index is 11.7. The Morgan fingerprint density at radius 3 is 2.56 bits per heavy atom. The Kier molecular flexibility index (Phi) is 5.37. The molecule has 0 bridgehead atoms. The van der Waals surface area contributed by atoms with Crippen LogP contribution in [0.25, 0.3) is 0 Å². The summed E-state index contributed by atoms with van der Waals surface area (Å²) in [4.78, 5) is 14.6. The van der Waals surface area contributed by atoms with Crippen LogP contribution in [-0.4, -0.2) is 39.2 Å². The zero-order valence-electron chi connectivity index (χ0n) is 10.7. The van der Waals surface area contributed by atoms with Crippen LogP contribution in [0.3, 0.4) is 0 Å². The summed E-state index contributed by atoms with van der Waals surface area (Å²) in [5, 5.41) is 19.9. The van der Waals surface area contributed by atoms with E-state index >= 15 is 0 Å². The molecule has 0 aliphatic rings. The standard InChI is InChI=1S/C12H18BrNO4/c1-4-18-12(17)10-6(2)9(7(3)14-10)11(16)8(15)5-13/h8,11,14-16H,4-5H2,1-3H3. The number of aromatic nitrogens is 1. The highest BCUT2D eigenvalue weighted by atomic mass is 79.9. The first-order valence-corrected chi connectivity index (χ1v) is 6.84. The van der Waals surface area contributed by atoms with E-state index in [0.29, 0.717) is 22.5 Å². The largest absolute Gasteiger partial charge is 0.461 e. The van der Waals surface area contributed by atoms with Crippen molar-refractivity contribution in [3.63, 3.8) is 0 Å². The summed E-state index contributed by atoms with van der Waals surface area (Å²) in [6, 6.07) is 0. The van der Waals surface area contributed by atoms with Crippen LogP contribution in [0.2, 0.25) is 0 Å². The molecule has 0 amide bonds. The summed E-state index contributed by atoms with van der Waals surface area (Å²) in [5.41, 5.74) is 2.14. The summed E-state index contributed by atoms with van der Waals surface area (Å²) in [5.74, 6) is -0.454. The van der Waals surface area contributed by atoms with E-state index in [0.717, 1.165) is 0 Å². The molecule has 0 spiro atoms. The van der Waals surface area contributed by atoms with Gasteiger partial charge in [-0.3, -0.25) is 0 Å². The predicted octanol–water partition coefficient (Wildman–Crippen LogP) is 1.60. The van der Waals surface area contributed by atoms with Gasteiger partial charge in [0.25, 0.3) is 0 Å². The highest BCUT2D eigenvalue weighted by Crippen LogP contribution is 2.28. The topological polar surface area (TPSA) is 82.6 Å². The van der Waals surface area contributed by atoms with Gasteiger partial charge in [0.05, 0.1) is 12.7 Å². The molecule has 6 heteroatoms. The summed E-state index contributed by atoms with van der Waals surface area (Å²) in [6.07, 6.45) is -1.96. The van der Waals surface area contributed by atoms with Crippen molar-refractivity contribution < 1.29 is 19.7 Å². The Hall–Kier alpha value is -0.850. The molecule has 102 valence electrons. The minimum Gasteiger partial charge on any atom is -0.461 e. The normalized spacial score (nSPS) is 14.3. The zero-order chi connectivity index (χ0) is 13.9. The van der Waals surface area contributed by atoms with Gasteiger partial charge >= 0.3 is 5.97 Å². The predicted molar refractivity (Wildman–Crippen MR) is 71.0 cm³/mol. The number of esters is 1. The number of rotatable bonds is 5. The molecule has 0 aliphatic heterocycles. The quantitative estimate of drug-likeness (QED) is 0.568. The second kappa shape index (κ2) is 6.36. The van der Waals surface area contributed by atoms with E-state index in [2.05, 4.69) is 20.9 Å². The van der Waals surface area contributed by atoms with Gasteiger partial charge in [0.1, 0.15) is 11.8 Å². The first kappa shape index (κ1) is 15.2. The fraction of sp³-hybridized carbons (Fsp3) is 0.583. The lowest BCUT2D eigenvalue weighted by atomic mass is 10.0. The van der Waals surface area contributed by atoms with Gasteiger partial charge in [-0.25, -0.2) is 4.79 Å². The summed E-state index contributed by atoms with van der Waals surface area (Å²) in [7, 11) is 0. The number of carbonyl (C=O) groups excluding carboxylic acids is 1. The first-order chi connectivity index (χ1) is 8.43. The summed E-state index contributed by atoms with van der Waals surface area (Å²) in [6.45, 7) is 5.48. The third-order valence-electron chi connectivity index (χ3n) is 2.79. The monoisotopic (exact) mass is 319 g/mol. The van der Waals surface area contributed by atoms with Gasteiger partial charge in [0.2, 0.25) is 0 Å². The molecule has 18 heavy (non-hydrogen) atoms. The van der Waals surface area contributed by atoms with Gasteiger partial charge in [-0.15, -0.1) is 0 Å². The van der Waals surface area contributed by atoms with Crippen LogP contribution in [0.5, 0.6) is 0 Å². The third-order valence-corrected chi connectivity index (χ3v) is 3.46. The van der Waals surface area contributed by atoms with Crippen molar-refractivity contribution in [3.05, 3.63) is 22.5 Å². The number of halogens is 1. The van der Waals surface area contributed by atoms with Crippen LogP contribution in [0, 0.1) is 13.8 Å². The maximum atomic E-state index is 11.7. The van der Waals surface area contributed by atoms with Crippen molar-refractivity contribution >= 4 is 21.9 Å². The molecule has 2 atom stereocenters. The molecule has 1 aromatic heterocycles. The Morgan fingerprint density at radius 2 is 2.06 bits per heavy atom. The number of hydrogen-bond acceptors (Lipinski definition) is 4. The molecule has 3 N–H and O–H groups in total. The maximum Gasteiger partial charge on any atom is 0.355 e. The van der Waals surface area contributed by atoms with Crippen molar-refractivity contribution in [3.8, 4) is 0 Å². The minimum atomic E-state index is -1.04. The second-order valence-electron chi connectivity index (χ2n) is 4.05. The molecule has 1 rings (SSSR count). The Balaban J connectivity index is 3.12. The van der Waals surface area contributed by atoms with Gasteiger partial charge in [0.15, 0.2) is 0 Å². The first-order valence-electron chi connectivity index (χ1n) is 5.72. The fourth-order valence-corrected chi connectivity index (χ4v) is 2.25. The molecule has 1 heterocycles. The molecule has 0 fully saturated rings. The number of hydrogen-bond donors (Lipinski definition) is 3. The molecule has 0 radical (unpaired) electrons. The minimum absolute atomic E-state index is 0.257. The van der Waals surface area contributed by atoms with E-state index < -0.39 is 18.2 Å². The van der Waals surface area contributed by atoms with Crippen molar-refractivity contribution in [1.82, 2.24) is 4.98 Å². The number of aliphatic hydroxyl groups excluding tert-OH is 2. The lowest BCUT2D eigenvalue weighted by Crippen LogP contribution is -2.20. The van der Waals surface area contributed by atoms with Crippen LogP contribution in [-0.2, 0) is 4.74 Å². The van der Waals surface area contributed by atoms with Gasteiger partial charge in [-0.05, 0) is 26.3 Å². The molecule has 0 aliphatic carbocycles. The van der Waals surface area contributed by atoms with Crippen molar-refractivity contribution in [1.29, 1.82) is 0 Å². The highest BCUT2D eigenvalue weighted by Gasteiger charge is 2.26. The summed E-state index contributed by atoms with van der Waals surface area (Å²) >= 11 is 3.11. The van der Waals surface area contributed by atoms with Crippen LogP contribution in [0.4, 0.5) is 0 Å². The van der Waals surface area contributed by atoms with Crippen LogP contribution in [0.15, 0.2) is 0 Å². The lowest BCUT2D eigenvalue weighted by Gasteiger charge is -2.16. The number of carbonyl (C=O) groups is 1. The molecule has 5 nitrogen and oxygen atoms in total. The van der Waals surface area contributed by atoms with Crippen LogP contribution >= 0.6 is 15.9 Å². The number of nitrogens with one attached hydrogen (secondary N) is 1. The number of ether oxygens (including phenoxy) is 1. The second-order valence-corrected chi connectivity index (χ2v) is 4.70. The molecule has 0 aromatic carbocycles. The fourth-order valence-electron chi connectivity index (χ4n) is 1.89. The number of aliphatic hydroxyl groups is 2. The molecule has 1 aromatic rings. The van der Waals surface area contributed by atoms with Crippen LogP contribution < -0.4 is 0 Å².